The first-order valence-corrected chi connectivity index (χ1v) is 16.3. The summed E-state index contributed by atoms with van der Waals surface area (Å²) in [7, 11) is 1.61. The molecule has 0 N–H and O–H groups in total. The van der Waals surface area contributed by atoms with Crippen molar-refractivity contribution in [3.8, 4) is 17.3 Å². The fraction of sp³-hybridized carbons (Fsp3) is 0.412. The molecule has 17 heteroatoms. The number of ether oxygens (including phenoxy) is 1. The van der Waals surface area contributed by atoms with E-state index in [9.17, 15) is 31.1 Å². The number of anilines is 1. The van der Waals surface area contributed by atoms with E-state index in [4.69, 9.17) is 4.74 Å². The standard InChI is InChI=1S/C34H31F7N8O2/c1-47(21-8-12-48(17-21)31(50)25(37)13-20-5-3-10-43-46-20)30-23-15-42-28(22-6-2-7-24(36)26(22)34(39,40)41)27(38)29(23)44-32(45-30)51-18-33-9-4-11-49(33)16-19(35)14-33/h2-3,5-7,10,13,15,19,21H,4,8-9,11-12,14,16-18H2,1H3/b25-13-/t19-,21-,33+/m1/s1. The van der Waals surface area contributed by atoms with E-state index in [0.29, 0.717) is 25.5 Å². The zero-order valence-electron chi connectivity index (χ0n) is 27.2. The average Bonchev–Trinajstić information content (AvgIpc) is 3.81. The summed E-state index contributed by atoms with van der Waals surface area (Å²) in [5.74, 6) is -4.70. The van der Waals surface area contributed by atoms with E-state index in [-0.39, 0.29) is 55.6 Å². The van der Waals surface area contributed by atoms with Crippen molar-refractivity contribution in [3.63, 3.8) is 0 Å². The summed E-state index contributed by atoms with van der Waals surface area (Å²) in [5, 5.41) is 7.42. The van der Waals surface area contributed by atoms with Crippen LogP contribution in [0.5, 0.6) is 6.01 Å². The molecule has 0 bridgehead atoms. The highest BCUT2D eigenvalue weighted by atomic mass is 19.4. The summed E-state index contributed by atoms with van der Waals surface area (Å²) in [5.41, 5.74) is -4.19. The third kappa shape index (κ3) is 6.54. The Morgan fingerprint density at radius 1 is 1.14 bits per heavy atom. The van der Waals surface area contributed by atoms with Crippen molar-refractivity contribution in [1.82, 2.24) is 34.9 Å². The van der Waals surface area contributed by atoms with Gasteiger partial charge < -0.3 is 14.5 Å². The second-order valence-electron chi connectivity index (χ2n) is 13.0. The second-order valence-corrected chi connectivity index (χ2v) is 13.0. The minimum absolute atomic E-state index is 0.0000820. The summed E-state index contributed by atoms with van der Waals surface area (Å²) in [4.78, 5) is 30.6. The molecule has 0 saturated carbocycles. The number of aromatic nitrogens is 5. The van der Waals surface area contributed by atoms with Crippen LogP contribution < -0.4 is 9.64 Å². The minimum atomic E-state index is -5.16. The van der Waals surface area contributed by atoms with Crippen LogP contribution in [0.1, 0.15) is 36.9 Å². The van der Waals surface area contributed by atoms with Gasteiger partial charge in [-0.25, -0.2) is 17.6 Å². The van der Waals surface area contributed by atoms with E-state index < -0.39 is 69.6 Å². The van der Waals surface area contributed by atoms with Gasteiger partial charge in [0.25, 0.3) is 5.91 Å². The van der Waals surface area contributed by atoms with Gasteiger partial charge in [-0.15, -0.1) is 0 Å². The second kappa shape index (κ2) is 13.3. The molecule has 1 amide bonds. The van der Waals surface area contributed by atoms with Crippen molar-refractivity contribution < 1.29 is 40.3 Å². The topological polar surface area (TPSA) is 100 Å². The van der Waals surface area contributed by atoms with Crippen LogP contribution in [0.2, 0.25) is 0 Å². The van der Waals surface area contributed by atoms with Gasteiger partial charge in [-0.3, -0.25) is 14.7 Å². The molecule has 6 heterocycles. The van der Waals surface area contributed by atoms with Crippen LogP contribution in [0.4, 0.5) is 36.6 Å². The maximum absolute atomic E-state index is 16.4. The van der Waals surface area contributed by atoms with Crippen molar-refractivity contribution in [2.45, 2.75) is 49.6 Å². The molecule has 268 valence electrons. The molecule has 7 rings (SSSR count). The minimum Gasteiger partial charge on any atom is -0.461 e. The lowest BCUT2D eigenvalue weighted by Gasteiger charge is -2.31. The van der Waals surface area contributed by atoms with Gasteiger partial charge >= 0.3 is 12.2 Å². The lowest BCUT2D eigenvalue weighted by Crippen LogP contribution is -2.43. The van der Waals surface area contributed by atoms with E-state index in [1.54, 1.807) is 18.0 Å². The van der Waals surface area contributed by atoms with Crippen LogP contribution in [0.15, 0.2) is 48.6 Å². The molecular formula is C34H31F7N8O2. The van der Waals surface area contributed by atoms with Crippen molar-refractivity contribution in [1.29, 1.82) is 0 Å². The molecule has 3 aliphatic rings. The van der Waals surface area contributed by atoms with Crippen LogP contribution >= 0.6 is 0 Å². The van der Waals surface area contributed by atoms with Crippen LogP contribution in [0, 0.1) is 11.6 Å². The number of carbonyl (C=O) groups is 1. The van der Waals surface area contributed by atoms with Gasteiger partial charge in [-0.1, -0.05) is 12.1 Å². The predicted molar refractivity (Wildman–Crippen MR) is 171 cm³/mol. The van der Waals surface area contributed by atoms with Gasteiger partial charge in [0.05, 0.1) is 16.6 Å². The summed E-state index contributed by atoms with van der Waals surface area (Å²) >= 11 is 0. The Labute approximate surface area is 287 Å². The van der Waals surface area contributed by atoms with Crippen molar-refractivity contribution in [3.05, 3.63) is 71.4 Å². The third-order valence-electron chi connectivity index (χ3n) is 9.83. The van der Waals surface area contributed by atoms with Crippen molar-refractivity contribution >= 4 is 28.7 Å². The molecule has 3 fully saturated rings. The number of rotatable bonds is 8. The van der Waals surface area contributed by atoms with E-state index in [1.165, 1.54) is 17.2 Å². The molecule has 1 aromatic carbocycles. The highest BCUT2D eigenvalue weighted by Gasteiger charge is 2.49. The first-order valence-electron chi connectivity index (χ1n) is 16.3. The van der Waals surface area contributed by atoms with E-state index in [0.717, 1.165) is 30.8 Å². The monoisotopic (exact) mass is 716 g/mol. The van der Waals surface area contributed by atoms with E-state index in [2.05, 4.69) is 25.1 Å². The molecule has 51 heavy (non-hydrogen) atoms. The number of likely N-dealkylation sites (tertiary alicyclic amines) is 1. The first kappa shape index (κ1) is 34.5. The number of fused-ring (bicyclic) bond motifs is 2. The fourth-order valence-electron chi connectivity index (χ4n) is 7.35. The first-order chi connectivity index (χ1) is 24.3. The highest BCUT2D eigenvalue weighted by Crippen LogP contribution is 2.42. The number of benzene rings is 1. The van der Waals surface area contributed by atoms with Crippen LogP contribution in [-0.2, 0) is 11.0 Å². The number of amides is 1. The van der Waals surface area contributed by atoms with Gasteiger partial charge in [-0.2, -0.15) is 33.3 Å². The number of likely N-dealkylation sites (N-methyl/N-ethyl adjacent to an activating group) is 1. The van der Waals surface area contributed by atoms with Crippen molar-refractivity contribution in [2.24, 2.45) is 0 Å². The lowest BCUT2D eigenvalue weighted by atomic mass is 9.95. The van der Waals surface area contributed by atoms with Gasteiger partial charge in [0.1, 0.15) is 41.2 Å². The van der Waals surface area contributed by atoms with E-state index in [1.807, 2.05) is 4.90 Å². The normalized spacial score (nSPS) is 22.5. The van der Waals surface area contributed by atoms with Gasteiger partial charge in [0.15, 0.2) is 11.6 Å². The molecule has 3 aliphatic heterocycles. The summed E-state index contributed by atoms with van der Waals surface area (Å²) in [6.45, 7) is 1.12. The number of hydrogen-bond donors (Lipinski definition) is 0. The Kier molecular flexibility index (Phi) is 9.01. The maximum atomic E-state index is 16.4. The van der Waals surface area contributed by atoms with Crippen LogP contribution in [0.3, 0.4) is 0 Å². The van der Waals surface area contributed by atoms with Crippen LogP contribution in [-0.4, -0.2) is 98.4 Å². The average molecular weight is 717 g/mol. The Balaban J connectivity index is 1.24. The Morgan fingerprint density at radius 2 is 1.96 bits per heavy atom. The van der Waals surface area contributed by atoms with Gasteiger partial charge in [-0.05, 0) is 44.0 Å². The summed E-state index contributed by atoms with van der Waals surface area (Å²) in [6, 6.07) is 4.80. The SMILES string of the molecule is CN(c1nc(OC[C@@]23CCCN2C[C@H](F)C3)nc2c(F)c(-c3cccc(F)c3C(F)(F)F)ncc12)[C@@H]1CCN(C(=O)/C(F)=C/c2cccnn2)C1. The number of alkyl halides is 4. The number of hydrogen-bond acceptors (Lipinski definition) is 9. The highest BCUT2D eigenvalue weighted by molar-refractivity contribution is 5.96. The number of pyridine rings is 1. The predicted octanol–water partition coefficient (Wildman–Crippen LogP) is 5.78. The summed E-state index contributed by atoms with van der Waals surface area (Å²) < 4.78 is 108. The smallest absolute Gasteiger partial charge is 0.419 e. The molecule has 3 saturated heterocycles. The molecule has 3 atom stereocenters. The summed E-state index contributed by atoms with van der Waals surface area (Å²) in [6.07, 6.45) is -0.676. The molecule has 0 aliphatic carbocycles. The number of halogens is 7. The molecule has 10 nitrogen and oxygen atoms in total. The molecule has 4 aromatic rings. The van der Waals surface area contributed by atoms with Crippen molar-refractivity contribution in [2.75, 3.05) is 44.7 Å². The van der Waals surface area contributed by atoms with E-state index >= 15 is 4.39 Å². The molecular weight excluding hydrogens is 685 g/mol. The van der Waals surface area contributed by atoms with Gasteiger partial charge in [0.2, 0.25) is 0 Å². The largest absolute Gasteiger partial charge is 0.461 e. The molecule has 0 unspecified atom stereocenters. The zero-order valence-corrected chi connectivity index (χ0v) is 27.2. The Morgan fingerprint density at radius 3 is 2.73 bits per heavy atom. The number of nitrogens with zero attached hydrogens (tertiary/aromatic N) is 8. The lowest BCUT2D eigenvalue weighted by molar-refractivity contribution is -0.139. The number of carbonyl (C=O) groups excluding carboxylic acids is 1. The quantitative estimate of drug-likeness (QED) is 0.166. The molecule has 0 spiro atoms. The Hall–Kier alpha value is -4.93. The Bertz CT molecular complexity index is 2000. The third-order valence-corrected chi connectivity index (χ3v) is 9.83. The van der Waals surface area contributed by atoms with Gasteiger partial charge in [0, 0.05) is 63.2 Å². The fourth-order valence-corrected chi connectivity index (χ4v) is 7.35. The maximum Gasteiger partial charge on any atom is 0.419 e. The zero-order chi connectivity index (χ0) is 36.1. The van der Waals surface area contributed by atoms with Crippen LogP contribution in [0.25, 0.3) is 28.2 Å². The molecule has 3 aromatic heterocycles. The molecule has 0 radical (unpaired) electrons.